The highest BCUT2D eigenvalue weighted by atomic mass is 35.5. The minimum atomic E-state index is -0.771. The highest BCUT2D eigenvalue weighted by Gasteiger charge is 2.26. The van der Waals surface area contributed by atoms with Crippen LogP contribution in [0.15, 0.2) is 12.1 Å². The maximum atomic E-state index is 13.4. The van der Waals surface area contributed by atoms with Crippen molar-refractivity contribution >= 4 is 30.5 Å². The first-order valence-electron chi connectivity index (χ1n) is 6.12. The lowest BCUT2D eigenvalue weighted by molar-refractivity contribution is -0.386. The number of phenolic OH excluding ortho intramolecular Hbond substituents is 1. The number of aromatic hydroxyl groups is 1. The molecule has 2 N–H and O–H groups in total. The third-order valence-corrected chi connectivity index (χ3v) is 3.43. The highest BCUT2D eigenvalue weighted by molar-refractivity contribution is 5.85. The second-order valence-electron chi connectivity index (χ2n) is 4.58. The topological polar surface area (TPSA) is 78.6 Å². The number of nitro benzene ring substituents is 1. The van der Waals surface area contributed by atoms with E-state index in [4.69, 9.17) is 0 Å². The first kappa shape index (κ1) is 19.9. The summed E-state index contributed by atoms with van der Waals surface area (Å²) >= 11 is 0. The molecule has 0 spiro atoms. The van der Waals surface area contributed by atoms with Gasteiger partial charge in [-0.05, 0) is 13.0 Å². The van der Waals surface area contributed by atoms with E-state index >= 15 is 0 Å². The normalized spacial score (nSPS) is 16.5. The SMILES string of the molecule is C[C@H](c1cc(F)cc([N+](=O)[O-])c1O)N1CCNCC1.Cl.Cl. The summed E-state index contributed by atoms with van der Waals surface area (Å²) in [6.45, 7) is 4.93. The minimum absolute atomic E-state index is 0. The third kappa shape index (κ3) is 4.41. The molecule has 9 heteroatoms. The quantitative estimate of drug-likeness (QED) is 0.651. The summed E-state index contributed by atoms with van der Waals surface area (Å²) in [5.74, 6) is -1.15. The van der Waals surface area contributed by atoms with Crippen molar-refractivity contribution in [2.24, 2.45) is 0 Å². The summed E-state index contributed by atoms with van der Waals surface area (Å²) < 4.78 is 13.4. The van der Waals surface area contributed by atoms with Gasteiger partial charge in [0.15, 0.2) is 5.75 Å². The van der Waals surface area contributed by atoms with Crippen molar-refractivity contribution < 1.29 is 14.4 Å². The van der Waals surface area contributed by atoms with Gasteiger partial charge in [0.1, 0.15) is 5.82 Å². The van der Waals surface area contributed by atoms with Crippen molar-refractivity contribution in [1.29, 1.82) is 0 Å². The fraction of sp³-hybridized carbons (Fsp3) is 0.500. The van der Waals surface area contributed by atoms with Crippen LogP contribution in [0.4, 0.5) is 10.1 Å². The van der Waals surface area contributed by atoms with Crippen LogP contribution in [-0.4, -0.2) is 41.1 Å². The number of piperazine rings is 1. The lowest BCUT2D eigenvalue weighted by Gasteiger charge is -2.33. The molecule has 0 aromatic heterocycles. The molecule has 1 aromatic carbocycles. The first-order valence-corrected chi connectivity index (χ1v) is 6.12. The smallest absolute Gasteiger partial charge is 0.313 e. The van der Waals surface area contributed by atoms with Gasteiger partial charge in [-0.3, -0.25) is 15.0 Å². The second kappa shape index (κ2) is 8.33. The molecule has 1 fully saturated rings. The van der Waals surface area contributed by atoms with Crippen LogP contribution in [0.1, 0.15) is 18.5 Å². The van der Waals surface area contributed by atoms with Crippen LogP contribution in [0, 0.1) is 15.9 Å². The maximum absolute atomic E-state index is 13.4. The summed E-state index contributed by atoms with van der Waals surface area (Å²) in [5.41, 5.74) is -0.328. The Bertz CT molecular complexity index is 499. The van der Waals surface area contributed by atoms with Gasteiger partial charge in [0.2, 0.25) is 0 Å². The summed E-state index contributed by atoms with van der Waals surface area (Å²) in [5, 5.41) is 23.9. The number of phenols is 1. The van der Waals surface area contributed by atoms with Crippen molar-refractivity contribution in [1.82, 2.24) is 10.2 Å². The molecule has 1 atom stereocenters. The van der Waals surface area contributed by atoms with Gasteiger partial charge in [-0.2, -0.15) is 0 Å². The van der Waals surface area contributed by atoms with Crippen LogP contribution in [0.3, 0.4) is 0 Å². The number of benzene rings is 1. The maximum Gasteiger partial charge on any atom is 0.313 e. The van der Waals surface area contributed by atoms with E-state index in [0.29, 0.717) is 0 Å². The zero-order valence-corrected chi connectivity index (χ0v) is 13.0. The van der Waals surface area contributed by atoms with E-state index in [1.54, 1.807) is 0 Å². The number of halogens is 3. The van der Waals surface area contributed by atoms with E-state index in [9.17, 15) is 19.6 Å². The molecule has 2 rings (SSSR count). The largest absolute Gasteiger partial charge is 0.502 e. The Kier molecular flexibility index (Phi) is 7.87. The Balaban J connectivity index is 0.00000200. The van der Waals surface area contributed by atoms with E-state index in [1.807, 2.05) is 6.92 Å². The number of hydrogen-bond donors (Lipinski definition) is 2. The lowest BCUT2D eigenvalue weighted by atomic mass is 10.0. The molecular formula is C12H18Cl2FN3O3. The molecule has 0 aliphatic carbocycles. The second-order valence-corrected chi connectivity index (χ2v) is 4.58. The minimum Gasteiger partial charge on any atom is -0.502 e. The Morgan fingerprint density at radius 2 is 1.95 bits per heavy atom. The number of nitrogens with one attached hydrogen (secondary N) is 1. The van der Waals surface area contributed by atoms with Crippen LogP contribution in [-0.2, 0) is 0 Å². The average Bonchev–Trinajstić information content (AvgIpc) is 2.41. The molecule has 0 bridgehead atoms. The third-order valence-electron chi connectivity index (χ3n) is 3.43. The Labute approximate surface area is 134 Å². The summed E-state index contributed by atoms with van der Waals surface area (Å²) in [6, 6.07) is 1.63. The van der Waals surface area contributed by atoms with Gasteiger partial charge in [0.05, 0.1) is 11.0 Å². The summed E-state index contributed by atoms with van der Waals surface area (Å²) in [6.07, 6.45) is 0. The first-order chi connectivity index (χ1) is 9.00. The Morgan fingerprint density at radius 1 is 1.38 bits per heavy atom. The van der Waals surface area contributed by atoms with Gasteiger partial charge in [-0.25, -0.2) is 4.39 Å². The van der Waals surface area contributed by atoms with Gasteiger partial charge in [-0.1, -0.05) is 0 Å². The van der Waals surface area contributed by atoms with Crippen molar-refractivity contribution in [3.8, 4) is 5.75 Å². The monoisotopic (exact) mass is 341 g/mol. The van der Waals surface area contributed by atoms with Crippen molar-refractivity contribution in [3.63, 3.8) is 0 Å². The van der Waals surface area contributed by atoms with Crippen LogP contribution in [0.2, 0.25) is 0 Å². The van der Waals surface area contributed by atoms with Gasteiger partial charge >= 0.3 is 5.69 Å². The molecule has 120 valence electrons. The van der Waals surface area contributed by atoms with E-state index in [1.165, 1.54) is 0 Å². The zero-order valence-electron chi connectivity index (χ0n) is 11.4. The summed E-state index contributed by atoms with van der Waals surface area (Å²) in [4.78, 5) is 12.1. The molecule has 1 aliphatic heterocycles. The predicted octanol–water partition coefficient (Wildman–Crippen LogP) is 2.25. The van der Waals surface area contributed by atoms with Crippen LogP contribution in [0.25, 0.3) is 0 Å². The van der Waals surface area contributed by atoms with Crippen molar-refractivity contribution in [3.05, 3.63) is 33.6 Å². The molecule has 0 unspecified atom stereocenters. The number of rotatable bonds is 3. The highest BCUT2D eigenvalue weighted by Crippen LogP contribution is 2.36. The number of hydrogen-bond acceptors (Lipinski definition) is 5. The van der Waals surface area contributed by atoms with Crippen LogP contribution >= 0.6 is 24.8 Å². The van der Waals surface area contributed by atoms with Crippen molar-refractivity contribution in [2.75, 3.05) is 26.2 Å². The van der Waals surface area contributed by atoms with E-state index < -0.39 is 22.2 Å². The zero-order chi connectivity index (χ0) is 14.0. The van der Waals surface area contributed by atoms with Gasteiger partial charge < -0.3 is 10.4 Å². The van der Waals surface area contributed by atoms with E-state index in [-0.39, 0.29) is 36.4 Å². The predicted molar refractivity (Wildman–Crippen MR) is 82.1 cm³/mol. The average molecular weight is 342 g/mol. The van der Waals surface area contributed by atoms with Crippen molar-refractivity contribution in [2.45, 2.75) is 13.0 Å². The Morgan fingerprint density at radius 3 is 2.48 bits per heavy atom. The fourth-order valence-electron chi connectivity index (χ4n) is 2.33. The molecule has 1 aliphatic rings. The molecular weight excluding hydrogens is 324 g/mol. The standard InChI is InChI=1S/C12H16FN3O3.2ClH/c1-8(15-4-2-14-3-5-15)10-6-9(13)7-11(12(10)17)16(18)19;;/h6-8,14,17H,2-5H2,1H3;2*1H/t8-;;/m1../s1. The van der Waals surface area contributed by atoms with Crippen LogP contribution in [0.5, 0.6) is 5.75 Å². The van der Waals surface area contributed by atoms with Gasteiger partial charge in [0.25, 0.3) is 0 Å². The van der Waals surface area contributed by atoms with Crippen LogP contribution < -0.4 is 5.32 Å². The van der Waals surface area contributed by atoms with E-state index in [2.05, 4.69) is 10.2 Å². The van der Waals surface area contributed by atoms with Gasteiger partial charge in [-0.15, -0.1) is 24.8 Å². The molecule has 21 heavy (non-hydrogen) atoms. The molecule has 6 nitrogen and oxygen atoms in total. The molecule has 1 heterocycles. The van der Waals surface area contributed by atoms with Gasteiger partial charge in [0, 0.05) is 37.8 Å². The molecule has 1 saturated heterocycles. The molecule has 0 saturated carbocycles. The van der Waals surface area contributed by atoms with E-state index in [0.717, 1.165) is 38.3 Å². The fourth-order valence-corrected chi connectivity index (χ4v) is 2.33. The number of nitrogens with zero attached hydrogens (tertiary/aromatic N) is 2. The summed E-state index contributed by atoms with van der Waals surface area (Å²) in [7, 11) is 0. The molecule has 1 aromatic rings. The Hall–Kier alpha value is -1.15. The number of nitro groups is 1. The molecule has 0 radical (unpaired) electrons. The molecule has 0 amide bonds. The lowest BCUT2D eigenvalue weighted by Crippen LogP contribution is -2.44.